The van der Waals surface area contributed by atoms with Gasteiger partial charge in [0, 0.05) is 17.8 Å². The summed E-state index contributed by atoms with van der Waals surface area (Å²) in [5.74, 6) is 1.80. The summed E-state index contributed by atoms with van der Waals surface area (Å²) in [7, 11) is 0. The zero-order valence-corrected chi connectivity index (χ0v) is 12.4. The molecule has 2 aromatic rings. The van der Waals surface area contributed by atoms with Gasteiger partial charge in [-0.2, -0.15) is 0 Å². The lowest BCUT2D eigenvalue weighted by Gasteiger charge is -2.21. The Morgan fingerprint density at radius 3 is 2.35 bits per heavy atom. The van der Waals surface area contributed by atoms with Gasteiger partial charge in [-0.3, -0.25) is 4.79 Å². The fraction of sp³-hybridized carbons (Fsp3) is 0.471. The van der Waals surface area contributed by atoms with Crippen LogP contribution >= 0.6 is 11.3 Å². The van der Waals surface area contributed by atoms with E-state index in [1.54, 1.807) is 11.3 Å². The summed E-state index contributed by atoms with van der Waals surface area (Å²) in [6, 6.07) is 10.3. The number of rotatable bonds is 5. The monoisotopic (exact) mass is 285 g/mol. The molecule has 0 aliphatic heterocycles. The van der Waals surface area contributed by atoms with E-state index in [2.05, 4.69) is 23.1 Å². The molecule has 104 valence electrons. The first kappa shape index (κ1) is 12.4. The van der Waals surface area contributed by atoms with Gasteiger partial charge in [-0.15, -0.1) is 11.3 Å². The molecule has 0 spiro atoms. The highest BCUT2D eigenvalue weighted by Gasteiger charge is 2.32. The van der Waals surface area contributed by atoms with Crippen molar-refractivity contribution >= 4 is 27.3 Å². The maximum Gasteiger partial charge on any atom is 0.263 e. The van der Waals surface area contributed by atoms with Gasteiger partial charge in [-0.05, 0) is 55.0 Å². The van der Waals surface area contributed by atoms with Gasteiger partial charge in [0.25, 0.3) is 5.91 Å². The van der Waals surface area contributed by atoms with Crippen LogP contribution < -0.4 is 0 Å². The van der Waals surface area contributed by atoms with E-state index < -0.39 is 0 Å². The number of benzene rings is 1. The van der Waals surface area contributed by atoms with Crippen molar-refractivity contribution in [1.82, 2.24) is 4.90 Å². The molecule has 0 atom stereocenters. The molecule has 0 saturated heterocycles. The Balaban J connectivity index is 1.58. The van der Waals surface area contributed by atoms with Gasteiger partial charge in [-0.1, -0.05) is 18.2 Å². The summed E-state index contributed by atoms with van der Waals surface area (Å²) in [6.07, 6.45) is 5.23. The van der Waals surface area contributed by atoms with E-state index in [0.29, 0.717) is 0 Å². The zero-order chi connectivity index (χ0) is 13.5. The molecule has 1 heterocycles. The van der Waals surface area contributed by atoms with Crippen molar-refractivity contribution in [2.75, 3.05) is 13.1 Å². The van der Waals surface area contributed by atoms with E-state index in [4.69, 9.17) is 0 Å². The molecular weight excluding hydrogens is 266 g/mol. The smallest absolute Gasteiger partial charge is 0.263 e. The normalized spacial score (nSPS) is 18.4. The minimum absolute atomic E-state index is 0.255. The van der Waals surface area contributed by atoms with E-state index >= 15 is 0 Å². The summed E-state index contributed by atoms with van der Waals surface area (Å²) in [5.41, 5.74) is 0. The Kier molecular flexibility index (Phi) is 3.03. The Bertz CT molecular complexity index is 592. The average molecular weight is 285 g/mol. The van der Waals surface area contributed by atoms with Crippen LogP contribution in [0.25, 0.3) is 10.1 Å². The van der Waals surface area contributed by atoms with Crippen LogP contribution in [-0.4, -0.2) is 23.9 Å². The van der Waals surface area contributed by atoms with Crippen LogP contribution in [0.4, 0.5) is 0 Å². The van der Waals surface area contributed by atoms with Crippen molar-refractivity contribution in [3.8, 4) is 0 Å². The number of nitrogens with zero attached hydrogens (tertiary/aromatic N) is 1. The molecule has 2 saturated carbocycles. The number of amides is 1. The Labute approximate surface area is 123 Å². The highest BCUT2D eigenvalue weighted by molar-refractivity contribution is 7.20. The van der Waals surface area contributed by atoms with Gasteiger partial charge < -0.3 is 4.90 Å². The van der Waals surface area contributed by atoms with E-state index in [-0.39, 0.29) is 5.91 Å². The fourth-order valence-corrected chi connectivity index (χ4v) is 3.74. The van der Waals surface area contributed by atoms with Crippen LogP contribution in [0.5, 0.6) is 0 Å². The third-order valence-corrected chi connectivity index (χ3v) is 5.38. The van der Waals surface area contributed by atoms with E-state index in [9.17, 15) is 4.79 Å². The van der Waals surface area contributed by atoms with Crippen LogP contribution in [0.1, 0.15) is 35.4 Å². The SMILES string of the molecule is O=C(c1cc2ccccc2s1)N(CC1CC1)CC1CC1. The van der Waals surface area contributed by atoms with Crippen molar-refractivity contribution in [2.24, 2.45) is 11.8 Å². The largest absolute Gasteiger partial charge is 0.337 e. The molecule has 2 fully saturated rings. The van der Waals surface area contributed by atoms with E-state index in [0.717, 1.165) is 29.8 Å². The van der Waals surface area contributed by atoms with Crippen LogP contribution in [0.3, 0.4) is 0 Å². The molecule has 2 aliphatic rings. The fourth-order valence-electron chi connectivity index (χ4n) is 2.71. The van der Waals surface area contributed by atoms with Crippen molar-refractivity contribution in [1.29, 1.82) is 0 Å². The topological polar surface area (TPSA) is 20.3 Å². The zero-order valence-electron chi connectivity index (χ0n) is 11.5. The minimum atomic E-state index is 0.255. The van der Waals surface area contributed by atoms with Crippen LogP contribution in [-0.2, 0) is 0 Å². The van der Waals surface area contributed by atoms with Crippen LogP contribution in [0.15, 0.2) is 30.3 Å². The minimum Gasteiger partial charge on any atom is -0.337 e. The second kappa shape index (κ2) is 4.88. The Morgan fingerprint density at radius 1 is 1.10 bits per heavy atom. The number of fused-ring (bicyclic) bond motifs is 1. The van der Waals surface area contributed by atoms with Gasteiger partial charge in [0.15, 0.2) is 0 Å². The molecule has 2 aliphatic carbocycles. The van der Waals surface area contributed by atoms with Crippen LogP contribution in [0.2, 0.25) is 0 Å². The Morgan fingerprint density at radius 2 is 1.75 bits per heavy atom. The molecule has 0 N–H and O–H groups in total. The summed E-state index contributed by atoms with van der Waals surface area (Å²) in [5, 5.41) is 1.19. The van der Waals surface area contributed by atoms with Gasteiger partial charge >= 0.3 is 0 Å². The molecule has 4 rings (SSSR count). The maximum atomic E-state index is 12.8. The quantitative estimate of drug-likeness (QED) is 0.807. The first-order valence-electron chi connectivity index (χ1n) is 7.57. The number of hydrogen-bond acceptors (Lipinski definition) is 2. The first-order valence-corrected chi connectivity index (χ1v) is 8.39. The predicted molar refractivity (Wildman–Crippen MR) is 83.2 cm³/mol. The van der Waals surface area contributed by atoms with Gasteiger partial charge in [-0.25, -0.2) is 0 Å². The first-order chi connectivity index (χ1) is 9.79. The lowest BCUT2D eigenvalue weighted by atomic mass is 10.2. The lowest BCUT2D eigenvalue weighted by Crippen LogP contribution is -2.34. The third-order valence-electron chi connectivity index (χ3n) is 4.27. The molecule has 0 radical (unpaired) electrons. The van der Waals surface area contributed by atoms with Crippen molar-refractivity contribution in [2.45, 2.75) is 25.7 Å². The number of carbonyl (C=O) groups excluding carboxylic acids is 1. The van der Waals surface area contributed by atoms with E-state index in [1.807, 2.05) is 12.1 Å². The van der Waals surface area contributed by atoms with Crippen molar-refractivity contribution < 1.29 is 4.79 Å². The van der Waals surface area contributed by atoms with Crippen LogP contribution in [0, 0.1) is 11.8 Å². The second-order valence-corrected chi connectivity index (χ2v) is 7.33. The molecule has 1 aromatic carbocycles. The maximum absolute atomic E-state index is 12.8. The number of carbonyl (C=O) groups is 1. The molecule has 0 unspecified atom stereocenters. The summed E-state index contributed by atoms with van der Waals surface area (Å²) >= 11 is 1.64. The lowest BCUT2D eigenvalue weighted by molar-refractivity contribution is 0.0744. The van der Waals surface area contributed by atoms with E-state index in [1.165, 1.54) is 35.8 Å². The molecule has 20 heavy (non-hydrogen) atoms. The molecule has 3 heteroatoms. The standard InChI is InChI=1S/C17H19NOS/c19-17(16-9-14-3-1-2-4-15(14)20-16)18(10-12-5-6-12)11-13-7-8-13/h1-4,9,12-13H,5-8,10-11H2. The highest BCUT2D eigenvalue weighted by atomic mass is 32.1. The summed E-state index contributed by atoms with van der Waals surface area (Å²) in [4.78, 5) is 15.8. The average Bonchev–Trinajstić information content (AvgIpc) is 3.37. The van der Waals surface area contributed by atoms with Gasteiger partial charge in [0.05, 0.1) is 4.88 Å². The summed E-state index contributed by atoms with van der Waals surface area (Å²) < 4.78 is 1.22. The van der Waals surface area contributed by atoms with Crippen molar-refractivity contribution in [3.05, 3.63) is 35.2 Å². The summed E-state index contributed by atoms with van der Waals surface area (Å²) in [6.45, 7) is 1.95. The number of hydrogen-bond donors (Lipinski definition) is 0. The van der Waals surface area contributed by atoms with Crippen molar-refractivity contribution in [3.63, 3.8) is 0 Å². The highest BCUT2D eigenvalue weighted by Crippen LogP contribution is 2.35. The molecular formula is C17H19NOS. The molecule has 2 nitrogen and oxygen atoms in total. The van der Waals surface area contributed by atoms with Gasteiger partial charge in [0.2, 0.25) is 0 Å². The molecule has 1 aromatic heterocycles. The predicted octanol–water partition coefficient (Wildman–Crippen LogP) is 4.16. The molecule has 0 bridgehead atoms. The van der Waals surface area contributed by atoms with Gasteiger partial charge in [0.1, 0.15) is 0 Å². The Hall–Kier alpha value is -1.35. The number of thiophene rings is 1. The molecule has 1 amide bonds. The third kappa shape index (κ3) is 2.59. The second-order valence-electron chi connectivity index (χ2n) is 6.25.